The van der Waals surface area contributed by atoms with Crippen LogP contribution in [-0.2, 0) is 13.7 Å². The van der Waals surface area contributed by atoms with Gasteiger partial charge in [-0.3, -0.25) is 0 Å². The molecule has 1 heterocycles. The van der Waals surface area contributed by atoms with Crippen LogP contribution in [0.4, 0.5) is 0 Å². The van der Waals surface area contributed by atoms with Gasteiger partial charge in [0.05, 0.1) is 18.3 Å². The van der Waals surface area contributed by atoms with E-state index in [2.05, 4.69) is 66.8 Å². The van der Waals surface area contributed by atoms with Gasteiger partial charge in [-0.2, -0.15) is 0 Å². The fourth-order valence-electron chi connectivity index (χ4n) is 4.06. The molecule has 150 valence electrons. The minimum Gasteiger partial charge on any atom is -0.412 e. The van der Waals surface area contributed by atoms with Crippen LogP contribution in [0.5, 0.6) is 0 Å². The monoisotopic (exact) mass is 380 g/mol. The molecular weight excluding hydrogens is 339 g/mol. The molecule has 0 amide bonds. The first-order chi connectivity index (χ1) is 12.1. The van der Waals surface area contributed by atoms with Crippen molar-refractivity contribution in [3.8, 4) is 0 Å². The molecule has 2 fully saturated rings. The summed E-state index contributed by atoms with van der Waals surface area (Å²) >= 11 is 0. The molecule has 0 spiro atoms. The van der Waals surface area contributed by atoms with E-state index in [0.717, 1.165) is 0 Å². The van der Waals surface area contributed by atoms with E-state index < -0.39 is 8.32 Å². The van der Waals surface area contributed by atoms with Gasteiger partial charge in [-0.25, -0.2) is 0 Å². The van der Waals surface area contributed by atoms with Crippen LogP contribution in [0.1, 0.15) is 73.6 Å². The maximum absolute atomic E-state index is 6.71. The van der Waals surface area contributed by atoms with E-state index in [0.29, 0.717) is 11.7 Å². The van der Waals surface area contributed by atoms with Crippen molar-refractivity contribution in [2.24, 2.45) is 5.92 Å². The average molecular weight is 380 g/mol. The van der Waals surface area contributed by atoms with E-state index in [-0.39, 0.29) is 30.5 Å². The third-order valence-electron chi connectivity index (χ3n) is 6.79. The summed E-state index contributed by atoms with van der Waals surface area (Å²) < 4.78 is 19.7. The summed E-state index contributed by atoms with van der Waals surface area (Å²) in [5.41, 5.74) is 0. The number of hydrogen-bond acceptors (Lipinski definition) is 3. The summed E-state index contributed by atoms with van der Waals surface area (Å²) in [6.07, 6.45) is 11.0. The lowest BCUT2D eigenvalue weighted by molar-refractivity contribution is -0.0670. The Morgan fingerprint density at radius 3 is 2.27 bits per heavy atom. The first-order valence-electron chi connectivity index (χ1n) is 10.7. The molecule has 1 aliphatic heterocycles. The SMILES string of the molecule is C/C=C/[C@@H]1OB(C2CCCCC2)O[C@H]([C@H](C)O[Si](C)(C)C(C)(C)C)[C@@H]1C. The van der Waals surface area contributed by atoms with Gasteiger partial charge in [-0.1, -0.05) is 72.0 Å². The van der Waals surface area contributed by atoms with Crippen molar-refractivity contribution in [3.05, 3.63) is 12.2 Å². The molecule has 0 bridgehead atoms. The highest BCUT2D eigenvalue weighted by Gasteiger charge is 2.47. The van der Waals surface area contributed by atoms with Gasteiger partial charge in [-0.15, -0.1) is 0 Å². The Kier molecular flexibility index (Phi) is 7.63. The summed E-state index contributed by atoms with van der Waals surface area (Å²) in [6.45, 7) is 18.1. The summed E-state index contributed by atoms with van der Waals surface area (Å²) in [6, 6.07) is 0. The van der Waals surface area contributed by atoms with Crippen LogP contribution in [0.3, 0.4) is 0 Å². The molecule has 3 nitrogen and oxygen atoms in total. The van der Waals surface area contributed by atoms with E-state index in [4.69, 9.17) is 13.7 Å². The molecule has 0 radical (unpaired) electrons. The largest absolute Gasteiger partial charge is 0.460 e. The second-order valence-corrected chi connectivity index (χ2v) is 14.7. The van der Waals surface area contributed by atoms with Gasteiger partial charge >= 0.3 is 7.12 Å². The third kappa shape index (κ3) is 5.24. The molecule has 0 N–H and O–H groups in total. The van der Waals surface area contributed by atoms with Gasteiger partial charge in [0.25, 0.3) is 0 Å². The van der Waals surface area contributed by atoms with Crippen LogP contribution in [0.15, 0.2) is 12.2 Å². The van der Waals surface area contributed by atoms with Crippen LogP contribution in [0.2, 0.25) is 23.9 Å². The highest BCUT2D eigenvalue weighted by molar-refractivity contribution is 6.74. The van der Waals surface area contributed by atoms with Crippen LogP contribution in [-0.4, -0.2) is 33.7 Å². The van der Waals surface area contributed by atoms with E-state index >= 15 is 0 Å². The molecule has 0 aromatic rings. The molecule has 0 unspecified atom stereocenters. The molecule has 26 heavy (non-hydrogen) atoms. The zero-order chi connectivity index (χ0) is 19.5. The molecule has 1 saturated carbocycles. The molecule has 1 saturated heterocycles. The molecule has 2 rings (SSSR count). The average Bonchev–Trinajstić information content (AvgIpc) is 2.56. The van der Waals surface area contributed by atoms with Crippen LogP contribution < -0.4 is 0 Å². The summed E-state index contributed by atoms with van der Waals surface area (Å²) in [5.74, 6) is 0.831. The Balaban J connectivity index is 2.15. The minimum absolute atomic E-state index is 0.0804. The molecule has 5 heteroatoms. The fraction of sp³-hybridized carbons (Fsp3) is 0.905. The van der Waals surface area contributed by atoms with Gasteiger partial charge in [0.1, 0.15) is 0 Å². The van der Waals surface area contributed by atoms with Gasteiger partial charge in [-0.05, 0) is 37.8 Å². The molecular formula is C21H41BO3Si. The Morgan fingerprint density at radius 2 is 1.73 bits per heavy atom. The maximum Gasteiger partial charge on any atom is 0.460 e. The maximum atomic E-state index is 6.71. The zero-order valence-corrected chi connectivity index (χ0v) is 19.4. The lowest BCUT2D eigenvalue weighted by atomic mass is 9.62. The summed E-state index contributed by atoms with van der Waals surface area (Å²) in [4.78, 5) is 0. The zero-order valence-electron chi connectivity index (χ0n) is 18.4. The molecule has 0 aromatic carbocycles. The first-order valence-corrected chi connectivity index (χ1v) is 13.6. The van der Waals surface area contributed by atoms with Crippen molar-refractivity contribution in [2.75, 3.05) is 0 Å². The Bertz CT molecular complexity index is 468. The molecule has 2 aliphatic rings. The van der Waals surface area contributed by atoms with Crippen molar-refractivity contribution in [3.63, 3.8) is 0 Å². The van der Waals surface area contributed by atoms with E-state index in [1.807, 2.05) is 0 Å². The Morgan fingerprint density at radius 1 is 1.12 bits per heavy atom. The second-order valence-electron chi connectivity index (χ2n) is 9.94. The number of rotatable bonds is 5. The molecule has 0 aromatic heterocycles. The van der Waals surface area contributed by atoms with Crippen LogP contribution >= 0.6 is 0 Å². The highest BCUT2D eigenvalue weighted by Crippen LogP contribution is 2.41. The lowest BCUT2D eigenvalue weighted by Crippen LogP contribution is -2.55. The predicted octanol–water partition coefficient (Wildman–Crippen LogP) is 6.22. The van der Waals surface area contributed by atoms with Gasteiger partial charge in [0.2, 0.25) is 0 Å². The second kappa shape index (κ2) is 8.94. The normalized spacial score (nSPS) is 30.8. The molecule has 4 atom stereocenters. The Labute approximate surface area is 163 Å². The van der Waals surface area contributed by atoms with Crippen molar-refractivity contribution in [2.45, 2.75) is 116 Å². The van der Waals surface area contributed by atoms with Crippen molar-refractivity contribution >= 4 is 15.4 Å². The number of allylic oxidation sites excluding steroid dienone is 1. The Hall–Kier alpha value is -0.0982. The van der Waals surface area contributed by atoms with Crippen molar-refractivity contribution in [1.29, 1.82) is 0 Å². The molecule has 1 aliphatic carbocycles. The topological polar surface area (TPSA) is 27.7 Å². The standard InChI is InChI=1S/C21H41BO3Si/c1-9-13-19-16(2)20(17(3)25-26(7,8)21(4,5)6)24-22(23-19)18-14-11-10-12-15-18/h9,13,16-20H,10-12,14-15H2,1-8H3/b13-9+/t16-,17+,19+,20+/m1/s1. The van der Waals surface area contributed by atoms with E-state index in [9.17, 15) is 0 Å². The predicted molar refractivity (Wildman–Crippen MR) is 114 cm³/mol. The van der Waals surface area contributed by atoms with Crippen molar-refractivity contribution < 1.29 is 13.7 Å². The smallest absolute Gasteiger partial charge is 0.412 e. The van der Waals surface area contributed by atoms with Crippen LogP contribution in [0.25, 0.3) is 0 Å². The summed E-state index contributed by atoms with van der Waals surface area (Å²) in [7, 11) is -1.90. The van der Waals surface area contributed by atoms with Gasteiger partial charge < -0.3 is 13.7 Å². The van der Waals surface area contributed by atoms with Gasteiger partial charge in [0, 0.05) is 5.92 Å². The highest BCUT2D eigenvalue weighted by atomic mass is 28.4. The van der Waals surface area contributed by atoms with Gasteiger partial charge in [0.15, 0.2) is 8.32 Å². The van der Waals surface area contributed by atoms with E-state index in [1.54, 1.807) is 0 Å². The summed E-state index contributed by atoms with van der Waals surface area (Å²) in [5, 5.41) is 0.209. The fourth-order valence-corrected chi connectivity index (χ4v) is 5.48. The van der Waals surface area contributed by atoms with Crippen molar-refractivity contribution in [1.82, 2.24) is 0 Å². The number of hydrogen-bond donors (Lipinski definition) is 0. The quantitative estimate of drug-likeness (QED) is 0.419. The van der Waals surface area contributed by atoms with Crippen LogP contribution in [0, 0.1) is 5.92 Å². The minimum atomic E-state index is -1.82. The lowest BCUT2D eigenvalue weighted by Gasteiger charge is -2.46. The van der Waals surface area contributed by atoms with E-state index in [1.165, 1.54) is 32.1 Å². The third-order valence-corrected chi connectivity index (χ3v) is 11.4. The first kappa shape index (κ1) is 22.2.